The van der Waals surface area contributed by atoms with Crippen LogP contribution in [0.1, 0.15) is 58.1 Å². The number of hydrogen-bond acceptors (Lipinski definition) is 28. The first-order valence-electron chi connectivity index (χ1n) is 28.3. The Balaban J connectivity index is 0.812. The quantitative estimate of drug-likeness (QED) is 0.0213. The number of imidazole rings is 2. The number of hydrogen-bond donors (Lipinski definition) is 11. The molecular formula is C51H67N17O20P2S2. The molecule has 41 heteroatoms. The average Bonchev–Trinajstić information content (AvgIpc) is 1.61. The highest BCUT2D eigenvalue weighted by Crippen LogP contribution is 2.60. The number of anilines is 3. The van der Waals surface area contributed by atoms with Crippen molar-refractivity contribution in [2.75, 3.05) is 56.7 Å². The van der Waals surface area contributed by atoms with E-state index < -0.39 is 148 Å². The van der Waals surface area contributed by atoms with Crippen molar-refractivity contribution in [2.45, 2.75) is 120 Å². The van der Waals surface area contributed by atoms with Crippen molar-refractivity contribution < 1.29 is 94.7 Å². The Hall–Kier alpha value is -7.81. The molecule has 0 spiro atoms. The van der Waals surface area contributed by atoms with Crippen LogP contribution in [0.5, 0.6) is 0 Å². The average molecular weight is 1360 g/mol. The number of aromatic nitrogens is 8. The molecule has 9 rings (SSSR count). The number of primary amides is 1. The van der Waals surface area contributed by atoms with Crippen molar-refractivity contribution in [1.29, 1.82) is 0 Å². The molecule has 1 aromatic carbocycles. The van der Waals surface area contributed by atoms with Crippen molar-refractivity contribution in [2.24, 2.45) is 11.7 Å². The maximum atomic E-state index is 14.3. The molecule has 2 unspecified atom stereocenters. The summed E-state index contributed by atoms with van der Waals surface area (Å²) in [5.41, 5.74) is 18.6. The predicted octanol–water partition coefficient (Wildman–Crippen LogP) is 1.18. The Morgan fingerprint density at radius 1 is 0.826 bits per heavy atom. The van der Waals surface area contributed by atoms with Crippen molar-refractivity contribution in [3.8, 4) is 0 Å². The van der Waals surface area contributed by atoms with Crippen molar-refractivity contribution in [3.05, 3.63) is 67.3 Å². The van der Waals surface area contributed by atoms with E-state index in [9.17, 15) is 52.9 Å². The highest BCUT2D eigenvalue weighted by molar-refractivity contribution is 8.44. The summed E-state index contributed by atoms with van der Waals surface area (Å²) in [6, 6.07) is 3.09. The summed E-state index contributed by atoms with van der Waals surface area (Å²) in [6.07, 6.45) is -9.44. The first-order valence-corrected chi connectivity index (χ1v) is 33.7. The van der Waals surface area contributed by atoms with Gasteiger partial charge in [0.2, 0.25) is 23.6 Å². The molecule has 14 atom stereocenters. The van der Waals surface area contributed by atoms with E-state index in [0.717, 1.165) is 16.1 Å². The third kappa shape index (κ3) is 16.7. The number of urea groups is 1. The van der Waals surface area contributed by atoms with Gasteiger partial charge in [0.05, 0.1) is 32.4 Å². The third-order valence-electron chi connectivity index (χ3n) is 14.7. The number of thiol groups is 2. The molecule has 3 saturated heterocycles. The van der Waals surface area contributed by atoms with Gasteiger partial charge in [-0.1, -0.05) is 50.5 Å². The van der Waals surface area contributed by atoms with Crippen molar-refractivity contribution in [3.63, 3.8) is 0 Å². The minimum absolute atomic E-state index is 0.0262. The van der Waals surface area contributed by atoms with E-state index in [2.05, 4.69) is 75.7 Å². The van der Waals surface area contributed by atoms with Crippen LogP contribution in [-0.2, 0) is 76.7 Å². The lowest BCUT2D eigenvalue weighted by atomic mass is 10.0. The van der Waals surface area contributed by atoms with E-state index in [1.54, 1.807) is 26.0 Å². The smallest absolute Gasteiger partial charge is 0.445 e. The van der Waals surface area contributed by atoms with E-state index in [1.165, 1.54) is 66.4 Å². The molecular weight excluding hydrogens is 1300 g/mol. The lowest BCUT2D eigenvalue weighted by Crippen LogP contribution is -2.54. The molecule has 2 bridgehead atoms. The summed E-state index contributed by atoms with van der Waals surface area (Å²) in [5, 5.41) is 32.0. The predicted molar refractivity (Wildman–Crippen MR) is 324 cm³/mol. The van der Waals surface area contributed by atoms with E-state index in [1.807, 2.05) is 0 Å². The zero-order valence-corrected chi connectivity index (χ0v) is 53.0. The fourth-order valence-electron chi connectivity index (χ4n) is 10.1. The molecule has 4 aromatic heterocycles. The van der Waals surface area contributed by atoms with Crippen LogP contribution in [0.2, 0.25) is 0 Å². The number of ether oxygens (including phenoxy) is 5. The number of nitrogens with zero attached hydrogens (tertiary/aromatic N) is 10. The maximum absolute atomic E-state index is 14.3. The fraction of sp³-hybridized carbons (Fsp3) is 0.510. The topological polar surface area (TPSA) is 497 Å². The van der Waals surface area contributed by atoms with Crippen LogP contribution in [0.25, 0.3) is 22.3 Å². The Kier molecular flexibility index (Phi) is 21.9. The van der Waals surface area contributed by atoms with Crippen LogP contribution in [0.4, 0.5) is 31.7 Å². The number of carbonyl (C=O) groups excluding carboxylic acids is 7. The number of rotatable bonds is 21. The Morgan fingerprint density at radius 2 is 1.43 bits per heavy atom. The SMILES string of the molecule is CC(CN(C)C(=O)OCc1ccc(NC(=O)[C@H](CCCNC(N)=O)NC(=O)[C@@H](NC(=O)CCN2C(=O)C=CC2O)C(C)C)cc1)OC(=O)O[C@@H]1[C@@H]2O[P@](=O)(S)OC[C@H]3O[C@@H](n4cnc5c(N)ncnc54)[C@H](O[P@](=O)(S)OC[C@H]2O[C@H]1n1cnc2c(N)ncnc21)[C@@H]3O. The van der Waals surface area contributed by atoms with Crippen LogP contribution in [0.3, 0.4) is 0 Å². The summed E-state index contributed by atoms with van der Waals surface area (Å²) < 4.78 is 83.8. The number of nitrogen functional groups attached to an aromatic ring is 2. The van der Waals surface area contributed by atoms with Gasteiger partial charge in [-0.15, -0.1) is 0 Å². The molecule has 7 amide bonds. The normalized spacial score (nSPS) is 26.6. The lowest BCUT2D eigenvalue weighted by molar-refractivity contribution is -0.134. The van der Waals surface area contributed by atoms with Crippen LogP contribution in [-0.4, -0.2) is 202 Å². The number of amides is 7. The number of benzene rings is 1. The van der Waals surface area contributed by atoms with Gasteiger partial charge in [-0.05, 0) is 49.5 Å². The molecule has 92 heavy (non-hydrogen) atoms. The molecule has 8 heterocycles. The van der Waals surface area contributed by atoms with Gasteiger partial charge in [0.15, 0.2) is 41.5 Å². The van der Waals surface area contributed by atoms with Crippen molar-refractivity contribution >= 4 is 120 Å². The molecule has 0 aliphatic carbocycles. The zero-order chi connectivity index (χ0) is 66.3. The second-order valence-corrected chi connectivity index (χ2v) is 27.4. The summed E-state index contributed by atoms with van der Waals surface area (Å²) in [7, 11) is 1.37. The standard InChI is InChI=1S/C51H67N17O20P2S2/c1-24(2)34(64-31(69)13-15-66-32(70)11-12-33(66)71)46(74)63-28(6-5-14-55-49(54)75)45(73)62-27-9-7-26(8-10-27)17-80-50(76)65(4)16-25(3)83-51(77)86-40-38-30(85-48(40)68-23-61-36-42(53)57-21-59-44(36)68)19-82-90(79,92)88-39-37(72)29(18-81-89(78,91)87-38)84-47(39)67-22-60-35-41(52)56-20-58-43(35)67/h7-12,20-25,28-30,32,34,37-40,47-48,70,72H,5-6,13-19H2,1-4H3,(H,62,73)(H,63,74)(H,64,69)(H,78,91)(H,79,92)(H2,52,56,58)(H2,53,57,59)(H3,54,55,75)/t25?,28-,29+,30+,32?,34-,37+,38+,39+,40+,47+,48+,89+,90+/m0/s1. The van der Waals surface area contributed by atoms with Gasteiger partial charge < -0.3 is 82.2 Å². The minimum atomic E-state index is -4.65. The van der Waals surface area contributed by atoms with Crippen LogP contribution >= 0.6 is 38.1 Å². The van der Waals surface area contributed by atoms with Crippen molar-refractivity contribution in [1.82, 2.24) is 64.8 Å². The number of nitrogens with one attached hydrogen (secondary N) is 4. The molecule has 0 radical (unpaired) electrons. The van der Waals surface area contributed by atoms with E-state index in [0.29, 0.717) is 5.56 Å². The summed E-state index contributed by atoms with van der Waals surface area (Å²) >= 11 is 8.43. The Labute approximate surface area is 532 Å². The number of likely N-dealkylation sites (N-methyl/N-ethyl adjacent to an activating group) is 1. The molecule has 4 aliphatic rings. The molecule has 4 aliphatic heterocycles. The summed E-state index contributed by atoms with van der Waals surface area (Å²) in [6.45, 7) is -6.42. The lowest BCUT2D eigenvalue weighted by Gasteiger charge is -2.28. The van der Waals surface area contributed by atoms with Gasteiger partial charge in [0.1, 0.15) is 85.2 Å². The largest absolute Gasteiger partial charge is 0.509 e. The number of aliphatic hydroxyl groups is 2. The fourth-order valence-corrected chi connectivity index (χ4v) is 13.0. The minimum Gasteiger partial charge on any atom is -0.445 e. The second kappa shape index (κ2) is 29.4. The number of aliphatic hydroxyl groups excluding tert-OH is 2. The summed E-state index contributed by atoms with van der Waals surface area (Å²) in [4.78, 5) is 118. The second-order valence-electron chi connectivity index (χ2n) is 21.7. The van der Waals surface area contributed by atoms with Gasteiger partial charge >= 0.3 is 31.9 Å². The van der Waals surface area contributed by atoms with Gasteiger partial charge in [-0.2, -0.15) is 0 Å². The van der Waals surface area contributed by atoms with Gasteiger partial charge in [0, 0.05) is 38.3 Å². The van der Waals surface area contributed by atoms with Crippen LogP contribution < -0.4 is 38.5 Å². The first-order chi connectivity index (χ1) is 43.6. The number of carbonyl (C=O) groups is 7. The monoisotopic (exact) mass is 1360 g/mol. The molecule has 37 nitrogen and oxygen atoms in total. The highest BCUT2D eigenvalue weighted by atomic mass is 32.7. The Morgan fingerprint density at radius 3 is 2.04 bits per heavy atom. The molecule has 5 aromatic rings. The zero-order valence-electron chi connectivity index (χ0n) is 49.4. The first kappa shape index (κ1) is 68.6. The maximum Gasteiger partial charge on any atom is 0.509 e. The third-order valence-corrected chi connectivity index (χ3v) is 17.9. The number of fused-ring (bicyclic) bond motifs is 5. The van der Waals surface area contributed by atoms with Crippen LogP contribution in [0, 0.1) is 5.92 Å². The highest BCUT2D eigenvalue weighted by Gasteiger charge is 2.55. The van der Waals surface area contributed by atoms with E-state index >= 15 is 0 Å². The molecule has 498 valence electrons. The van der Waals surface area contributed by atoms with Crippen LogP contribution in [0.15, 0.2) is 61.7 Å². The molecule has 3 fully saturated rings. The molecule has 12 N–H and O–H groups in total. The molecule has 0 saturated carbocycles. The Bertz CT molecular complexity index is 3690. The van der Waals surface area contributed by atoms with E-state index in [-0.39, 0.29) is 85.2 Å². The van der Waals surface area contributed by atoms with E-state index in [4.69, 9.17) is 59.0 Å². The number of nitrogens with two attached hydrogens (primary N) is 3. The van der Waals surface area contributed by atoms with Gasteiger partial charge in [-0.3, -0.25) is 46.4 Å². The van der Waals surface area contributed by atoms with Gasteiger partial charge in [-0.25, -0.2) is 53.4 Å². The summed E-state index contributed by atoms with van der Waals surface area (Å²) in [5.74, 6) is -2.83. The van der Waals surface area contributed by atoms with Gasteiger partial charge in [0.25, 0.3) is 0 Å².